The molecule has 0 saturated heterocycles. The smallest absolute Gasteiger partial charge is 0.227 e. The number of rotatable bonds is 4. The van der Waals surface area contributed by atoms with E-state index in [4.69, 9.17) is 0 Å². The fraction of sp³-hybridized carbons (Fsp3) is 0.158. The molecule has 0 fully saturated rings. The van der Waals surface area contributed by atoms with Gasteiger partial charge < -0.3 is 5.32 Å². The van der Waals surface area contributed by atoms with Gasteiger partial charge in [-0.2, -0.15) is 0 Å². The average molecular weight is 373 g/mol. The molecule has 0 aliphatic rings. The molecule has 1 amide bonds. The topological polar surface area (TPSA) is 72.0 Å². The molecule has 5 nitrogen and oxygen atoms in total. The summed E-state index contributed by atoms with van der Waals surface area (Å²) in [6, 6.07) is 4.68. The first kappa shape index (κ1) is 18.5. The summed E-state index contributed by atoms with van der Waals surface area (Å²) in [5.74, 6) is -6.57. The Balaban J connectivity index is 2.09. The molecular weight excluding hydrogens is 359 g/mol. The molecule has 0 unspecified atom stereocenters. The number of carbonyl (C=O) groups excluding carboxylic acids is 2. The molecule has 0 saturated carbocycles. The van der Waals surface area contributed by atoms with Crippen molar-refractivity contribution in [3.63, 3.8) is 0 Å². The monoisotopic (exact) mass is 373 g/mol. The summed E-state index contributed by atoms with van der Waals surface area (Å²) in [7, 11) is 0. The molecule has 0 radical (unpaired) electrons. The average Bonchev–Trinajstić information content (AvgIpc) is 2.65. The summed E-state index contributed by atoms with van der Waals surface area (Å²) in [6.45, 7) is 3.10. The van der Waals surface area contributed by atoms with Crippen LogP contribution in [0.15, 0.2) is 36.8 Å². The van der Waals surface area contributed by atoms with E-state index in [0.717, 1.165) is 0 Å². The van der Waals surface area contributed by atoms with E-state index in [1.54, 1.807) is 13.8 Å². The number of hydrogen-bond acceptors (Lipinski definition) is 4. The quantitative estimate of drug-likeness (QED) is 0.557. The van der Waals surface area contributed by atoms with Crippen LogP contribution in [0.2, 0.25) is 0 Å². The predicted octanol–water partition coefficient (Wildman–Crippen LogP) is 3.87. The van der Waals surface area contributed by atoms with Gasteiger partial charge in [0.25, 0.3) is 0 Å². The van der Waals surface area contributed by atoms with Gasteiger partial charge in [0.1, 0.15) is 6.33 Å². The van der Waals surface area contributed by atoms with Gasteiger partial charge in [0.15, 0.2) is 23.2 Å². The van der Waals surface area contributed by atoms with Crippen LogP contribution < -0.4 is 5.32 Å². The van der Waals surface area contributed by atoms with E-state index >= 15 is 0 Å². The van der Waals surface area contributed by atoms with E-state index in [2.05, 4.69) is 15.3 Å². The van der Waals surface area contributed by atoms with Gasteiger partial charge in [-0.3, -0.25) is 9.59 Å². The van der Waals surface area contributed by atoms with Crippen molar-refractivity contribution < 1.29 is 22.8 Å². The predicted molar refractivity (Wildman–Crippen MR) is 92.8 cm³/mol. The molecule has 1 aromatic heterocycles. The van der Waals surface area contributed by atoms with E-state index in [1.807, 2.05) is 0 Å². The van der Waals surface area contributed by atoms with Gasteiger partial charge >= 0.3 is 0 Å². The largest absolute Gasteiger partial charge is 0.323 e. The van der Waals surface area contributed by atoms with Crippen molar-refractivity contribution in [2.45, 2.75) is 13.8 Å². The molecule has 27 heavy (non-hydrogen) atoms. The Kier molecular flexibility index (Phi) is 4.89. The molecular formula is C19H14F3N3O2. The molecule has 1 N–H and O–H groups in total. The number of carbonyl (C=O) groups is 2. The van der Waals surface area contributed by atoms with Crippen molar-refractivity contribution in [1.29, 1.82) is 0 Å². The first-order chi connectivity index (χ1) is 12.8. The highest BCUT2D eigenvalue weighted by Crippen LogP contribution is 2.27. The van der Waals surface area contributed by atoms with Crippen LogP contribution in [-0.4, -0.2) is 21.7 Å². The summed E-state index contributed by atoms with van der Waals surface area (Å²) < 4.78 is 42.9. The molecule has 0 aliphatic heterocycles. The number of anilines is 1. The second-order valence-electron chi connectivity index (χ2n) is 6.18. The van der Waals surface area contributed by atoms with Crippen LogP contribution in [0.4, 0.5) is 18.9 Å². The van der Waals surface area contributed by atoms with Crippen molar-refractivity contribution >= 4 is 28.3 Å². The zero-order valence-corrected chi connectivity index (χ0v) is 14.4. The third-order valence-corrected chi connectivity index (χ3v) is 3.93. The van der Waals surface area contributed by atoms with Gasteiger partial charge in [0, 0.05) is 29.1 Å². The maximum Gasteiger partial charge on any atom is 0.227 e. The maximum atomic E-state index is 14.7. The van der Waals surface area contributed by atoms with Crippen molar-refractivity contribution in [3.05, 3.63) is 65.4 Å². The van der Waals surface area contributed by atoms with Crippen LogP contribution in [0.5, 0.6) is 0 Å². The van der Waals surface area contributed by atoms with Gasteiger partial charge in [-0.25, -0.2) is 23.1 Å². The lowest BCUT2D eigenvalue weighted by molar-refractivity contribution is -0.118. The Labute approximate surface area is 152 Å². The Bertz CT molecular complexity index is 1070. The first-order valence-corrected chi connectivity index (χ1v) is 8.02. The van der Waals surface area contributed by atoms with Gasteiger partial charge in [-0.05, 0) is 18.2 Å². The number of halogens is 3. The Morgan fingerprint density at radius 1 is 1.07 bits per heavy atom. The summed E-state index contributed by atoms with van der Waals surface area (Å²) in [6.07, 6.45) is 2.76. The van der Waals surface area contributed by atoms with E-state index in [-0.39, 0.29) is 5.56 Å². The van der Waals surface area contributed by atoms with E-state index in [1.165, 1.54) is 30.7 Å². The minimum Gasteiger partial charge on any atom is -0.323 e. The maximum absolute atomic E-state index is 14.7. The van der Waals surface area contributed by atoms with Crippen LogP contribution in [0.1, 0.15) is 29.8 Å². The molecule has 0 aliphatic carbocycles. The fourth-order valence-corrected chi connectivity index (χ4v) is 2.44. The van der Waals surface area contributed by atoms with Crippen LogP contribution >= 0.6 is 0 Å². The normalized spacial score (nSPS) is 11.0. The number of amides is 1. The minimum atomic E-state index is -1.62. The first-order valence-electron chi connectivity index (χ1n) is 8.02. The van der Waals surface area contributed by atoms with E-state index in [9.17, 15) is 22.8 Å². The number of hydrogen-bond donors (Lipinski definition) is 1. The molecule has 2 aromatic carbocycles. The molecule has 0 spiro atoms. The lowest BCUT2D eigenvalue weighted by Gasteiger charge is -2.13. The second-order valence-corrected chi connectivity index (χ2v) is 6.18. The number of ketones is 1. The molecule has 1 heterocycles. The van der Waals surface area contributed by atoms with Crippen molar-refractivity contribution in [2.75, 3.05) is 5.32 Å². The molecule has 8 heteroatoms. The van der Waals surface area contributed by atoms with Crippen molar-refractivity contribution in [2.24, 2.45) is 5.92 Å². The van der Waals surface area contributed by atoms with Gasteiger partial charge in [0.2, 0.25) is 5.91 Å². The van der Waals surface area contributed by atoms with Crippen LogP contribution in [-0.2, 0) is 4.79 Å². The number of fused-ring (bicyclic) bond motifs is 1. The highest BCUT2D eigenvalue weighted by molar-refractivity contribution is 6.11. The van der Waals surface area contributed by atoms with Gasteiger partial charge in [0.05, 0.1) is 16.8 Å². The highest BCUT2D eigenvalue weighted by Gasteiger charge is 2.26. The molecule has 3 aromatic rings. The summed E-state index contributed by atoms with van der Waals surface area (Å²) >= 11 is 0. The minimum absolute atomic E-state index is 0.0677. The van der Waals surface area contributed by atoms with Crippen LogP contribution in [0.25, 0.3) is 10.9 Å². The number of nitrogens with zero attached hydrogens (tertiary/aromatic N) is 2. The zero-order valence-electron chi connectivity index (χ0n) is 14.4. The van der Waals surface area contributed by atoms with Crippen molar-refractivity contribution in [1.82, 2.24) is 9.97 Å². The van der Waals surface area contributed by atoms with Gasteiger partial charge in [-0.15, -0.1) is 0 Å². The molecule has 0 bridgehead atoms. The summed E-state index contributed by atoms with van der Waals surface area (Å²) in [5.41, 5.74) is -1.21. The summed E-state index contributed by atoms with van der Waals surface area (Å²) in [5, 5.41) is 2.64. The number of nitrogens with one attached hydrogen (secondary N) is 1. The van der Waals surface area contributed by atoms with Crippen LogP contribution in [0, 0.1) is 23.4 Å². The summed E-state index contributed by atoms with van der Waals surface area (Å²) in [4.78, 5) is 32.2. The van der Waals surface area contributed by atoms with E-state index < -0.39 is 46.3 Å². The SMILES string of the molecule is CC(C)C(=O)Nc1cc(F)c(F)c(C(=O)c2ccc3ncncc3c2)c1F. The fourth-order valence-electron chi connectivity index (χ4n) is 2.44. The molecule has 0 atom stereocenters. The lowest BCUT2D eigenvalue weighted by atomic mass is 9.99. The zero-order chi connectivity index (χ0) is 19.7. The Hall–Kier alpha value is -3.29. The molecule has 138 valence electrons. The highest BCUT2D eigenvalue weighted by atomic mass is 19.2. The van der Waals surface area contributed by atoms with Gasteiger partial charge in [-0.1, -0.05) is 13.8 Å². The molecule has 3 rings (SSSR count). The standard InChI is InChI=1S/C19H14F3N3O2/c1-9(2)19(27)25-14-6-12(20)16(21)15(17(14)22)18(26)10-3-4-13-11(5-10)7-23-8-24-13/h3-9H,1-2H3,(H,25,27). The lowest BCUT2D eigenvalue weighted by Crippen LogP contribution is -2.20. The third kappa shape index (κ3) is 3.51. The van der Waals surface area contributed by atoms with Crippen LogP contribution in [0.3, 0.4) is 0 Å². The Morgan fingerprint density at radius 2 is 1.81 bits per heavy atom. The van der Waals surface area contributed by atoms with Crippen molar-refractivity contribution in [3.8, 4) is 0 Å². The number of aromatic nitrogens is 2. The van der Waals surface area contributed by atoms with E-state index in [0.29, 0.717) is 17.0 Å². The second kappa shape index (κ2) is 7.14. The Morgan fingerprint density at radius 3 is 2.52 bits per heavy atom. The third-order valence-electron chi connectivity index (χ3n) is 3.93. The number of benzene rings is 2.